The highest BCUT2D eigenvalue weighted by Gasteiger charge is 2.15. The van der Waals surface area contributed by atoms with Gasteiger partial charge in [-0.1, -0.05) is 0 Å². The van der Waals surface area contributed by atoms with Gasteiger partial charge in [0.1, 0.15) is 5.03 Å². The van der Waals surface area contributed by atoms with Crippen molar-refractivity contribution in [1.82, 2.24) is 4.98 Å². The molecule has 0 spiro atoms. The van der Waals surface area contributed by atoms with Crippen LogP contribution in [-0.4, -0.2) is 33.5 Å². The molecule has 0 aliphatic carbocycles. The number of aromatic carboxylic acids is 1. The first-order chi connectivity index (χ1) is 8.06. The highest BCUT2D eigenvalue weighted by atomic mass is 32.2. The first-order valence-corrected chi connectivity index (χ1v) is 6.50. The van der Waals surface area contributed by atoms with Gasteiger partial charge in [0.25, 0.3) is 0 Å². The average Bonchev–Trinajstić information content (AvgIpc) is 2.22. The number of thioether (sulfide) groups is 1. The van der Waals surface area contributed by atoms with Gasteiger partial charge in [-0.05, 0) is 44.1 Å². The van der Waals surface area contributed by atoms with Crippen molar-refractivity contribution in [3.63, 3.8) is 0 Å². The number of pyridine rings is 1. The number of aliphatic hydroxyl groups is 1. The van der Waals surface area contributed by atoms with Crippen LogP contribution in [0.1, 0.15) is 34.5 Å². The van der Waals surface area contributed by atoms with E-state index in [9.17, 15) is 4.79 Å². The van der Waals surface area contributed by atoms with Crippen molar-refractivity contribution in [2.45, 2.75) is 31.7 Å². The summed E-state index contributed by atoms with van der Waals surface area (Å²) < 4.78 is 0. The van der Waals surface area contributed by atoms with Gasteiger partial charge < -0.3 is 10.2 Å². The van der Waals surface area contributed by atoms with Crippen molar-refractivity contribution in [1.29, 1.82) is 0 Å². The number of carboxylic acid groups (broad SMARTS) is 1. The number of hydrogen-bond donors (Lipinski definition) is 2. The molecular formula is C12H17NO3S. The largest absolute Gasteiger partial charge is 0.478 e. The fourth-order valence-corrected chi connectivity index (χ4v) is 2.69. The zero-order valence-electron chi connectivity index (χ0n) is 10.1. The highest BCUT2D eigenvalue weighted by molar-refractivity contribution is 7.99. The number of aryl methyl sites for hydroxylation is 2. The Morgan fingerprint density at radius 3 is 2.71 bits per heavy atom. The lowest BCUT2D eigenvalue weighted by Gasteiger charge is -2.09. The van der Waals surface area contributed by atoms with Gasteiger partial charge in [-0.15, -0.1) is 11.8 Å². The van der Waals surface area contributed by atoms with Crippen LogP contribution in [-0.2, 0) is 0 Å². The molecule has 0 aliphatic heterocycles. The standard InChI is InChI=1S/C12H17NO3S/c1-8-7-9(2)13-11(10(8)12(15)16)17-6-4-3-5-14/h7,14H,3-6H2,1-2H3,(H,15,16). The van der Waals surface area contributed by atoms with E-state index >= 15 is 0 Å². The summed E-state index contributed by atoms with van der Waals surface area (Å²) in [7, 11) is 0. The fourth-order valence-electron chi connectivity index (χ4n) is 1.55. The Bertz CT molecular complexity index is 407. The molecule has 1 heterocycles. The van der Waals surface area contributed by atoms with Crippen molar-refractivity contribution in [2.75, 3.05) is 12.4 Å². The summed E-state index contributed by atoms with van der Waals surface area (Å²) in [5, 5.41) is 18.4. The summed E-state index contributed by atoms with van der Waals surface area (Å²) >= 11 is 1.44. The van der Waals surface area contributed by atoms with Gasteiger partial charge in [0.2, 0.25) is 0 Å². The quantitative estimate of drug-likeness (QED) is 0.602. The van der Waals surface area contributed by atoms with Crippen LogP contribution in [0, 0.1) is 13.8 Å². The molecule has 1 rings (SSSR count). The van der Waals surface area contributed by atoms with Crippen LogP contribution in [0.25, 0.3) is 0 Å². The lowest BCUT2D eigenvalue weighted by molar-refractivity contribution is 0.0691. The van der Waals surface area contributed by atoms with Crippen molar-refractivity contribution >= 4 is 17.7 Å². The number of hydrogen-bond acceptors (Lipinski definition) is 4. The molecule has 0 unspecified atom stereocenters. The molecule has 0 bridgehead atoms. The Balaban J connectivity index is 2.85. The molecule has 0 atom stereocenters. The van der Waals surface area contributed by atoms with E-state index in [4.69, 9.17) is 10.2 Å². The molecule has 0 amide bonds. The first-order valence-electron chi connectivity index (χ1n) is 5.51. The van der Waals surface area contributed by atoms with Crippen LogP contribution in [0.15, 0.2) is 11.1 Å². The van der Waals surface area contributed by atoms with Crippen LogP contribution < -0.4 is 0 Å². The zero-order valence-corrected chi connectivity index (χ0v) is 10.9. The Morgan fingerprint density at radius 1 is 1.41 bits per heavy atom. The summed E-state index contributed by atoms with van der Waals surface area (Å²) in [5.74, 6) is -0.156. The van der Waals surface area contributed by atoms with Gasteiger partial charge >= 0.3 is 5.97 Å². The Labute approximate surface area is 105 Å². The Kier molecular flexibility index (Phi) is 5.44. The van der Waals surface area contributed by atoms with Crippen molar-refractivity contribution < 1.29 is 15.0 Å². The first kappa shape index (κ1) is 14.0. The van der Waals surface area contributed by atoms with Crippen molar-refractivity contribution in [3.05, 3.63) is 22.9 Å². The van der Waals surface area contributed by atoms with Gasteiger partial charge in [-0.25, -0.2) is 9.78 Å². The molecule has 4 nitrogen and oxygen atoms in total. The lowest BCUT2D eigenvalue weighted by Crippen LogP contribution is -2.05. The number of aromatic nitrogens is 1. The predicted molar refractivity (Wildman–Crippen MR) is 67.7 cm³/mol. The summed E-state index contributed by atoms with van der Waals surface area (Å²) in [5.41, 5.74) is 1.87. The van der Waals surface area contributed by atoms with E-state index in [2.05, 4.69) is 4.98 Å². The molecule has 0 saturated heterocycles. The summed E-state index contributed by atoms with van der Waals surface area (Å²) in [4.78, 5) is 15.4. The van der Waals surface area contributed by atoms with E-state index in [1.54, 1.807) is 13.0 Å². The number of nitrogens with zero attached hydrogens (tertiary/aromatic N) is 1. The van der Waals surface area contributed by atoms with Gasteiger partial charge in [0.05, 0.1) is 5.56 Å². The Morgan fingerprint density at radius 2 is 2.12 bits per heavy atom. The molecule has 5 heteroatoms. The minimum atomic E-state index is -0.931. The molecule has 94 valence electrons. The second-order valence-electron chi connectivity index (χ2n) is 3.85. The average molecular weight is 255 g/mol. The van der Waals surface area contributed by atoms with Gasteiger partial charge in [-0.2, -0.15) is 0 Å². The maximum absolute atomic E-state index is 11.1. The summed E-state index contributed by atoms with van der Waals surface area (Å²) in [6.45, 7) is 3.82. The Hall–Kier alpha value is -1.07. The fraction of sp³-hybridized carbons (Fsp3) is 0.500. The van der Waals surface area contributed by atoms with Crippen LogP contribution in [0.5, 0.6) is 0 Å². The number of rotatable bonds is 6. The zero-order chi connectivity index (χ0) is 12.8. The van der Waals surface area contributed by atoms with Crippen LogP contribution in [0.4, 0.5) is 0 Å². The SMILES string of the molecule is Cc1cc(C)c(C(=O)O)c(SCCCCO)n1. The topological polar surface area (TPSA) is 70.4 Å². The second-order valence-corrected chi connectivity index (χ2v) is 4.93. The molecule has 0 saturated carbocycles. The minimum Gasteiger partial charge on any atom is -0.478 e. The third kappa shape index (κ3) is 4.02. The molecule has 2 N–H and O–H groups in total. The number of carboxylic acids is 1. The predicted octanol–water partition coefficient (Wildman–Crippen LogP) is 2.26. The molecule has 1 aromatic heterocycles. The number of unbranched alkanes of at least 4 members (excludes halogenated alkanes) is 1. The second kappa shape index (κ2) is 6.61. The summed E-state index contributed by atoms with van der Waals surface area (Å²) in [6, 6.07) is 1.78. The smallest absolute Gasteiger partial charge is 0.338 e. The van der Waals surface area contributed by atoms with E-state index in [1.807, 2.05) is 6.92 Å². The van der Waals surface area contributed by atoms with Crippen LogP contribution >= 0.6 is 11.8 Å². The van der Waals surface area contributed by atoms with Crippen LogP contribution in [0.3, 0.4) is 0 Å². The van der Waals surface area contributed by atoms with Gasteiger partial charge in [0.15, 0.2) is 0 Å². The third-order valence-electron chi connectivity index (χ3n) is 2.32. The molecule has 0 aromatic carbocycles. The van der Waals surface area contributed by atoms with E-state index in [0.29, 0.717) is 10.6 Å². The normalized spacial score (nSPS) is 10.5. The lowest BCUT2D eigenvalue weighted by atomic mass is 10.1. The molecular weight excluding hydrogens is 238 g/mol. The number of carbonyl (C=O) groups is 1. The van der Waals surface area contributed by atoms with Gasteiger partial charge in [-0.3, -0.25) is 0 Å². The number of aliphatic hydroxyl groups excluding tert-OH is 1. The molecule has 1 aromatic rings. The molecule has 0 fully saturated rings. The van der Waals surface area contributed by atoms with E-state index in [0.717, 1.165) is 29.9 Å². The van der Waals surface area contributed by atoms with Crippen molar-refractivity contribution in [2.24, 2.45) is 0 Å². The van der Waals surface area contributed by atoms with Gasteiger partial charge in [0, 0.05) is 12.3 Å². The molecule has 0 aliphatic rings. The third-order valence-corrected chi connectivity index (χ3v) is 3.38. The minimum absolute atomic E-state index is 0.173. The van der Waals surface area contributed by atoms with E-state index in [-0.39, 0.29) is 6.61 Å². The molecule has 17 heavy (non-hydrogen) atoms. The maximum atomic E-state index is 11.1. The van der Waals surface area contributed by atoms with E-state index in [1.165, 1.54) is 11.8 Å². The van der Waals surface area contributed by atoms with Crippen molar-refractivity contribution in [3.8, 4) is 0 Å². The highest BCUT2D eigenvalue weighted by Crippen LogP contribution is 2.25. The maximum Gasteiger partial charge on any atom is 0.338 e. The van der Waals surface area contributed by atoms with E-state index < -0.39 is 5.97 Å². The monoisotopic (exact) mass is 255 g/mol. The summed E-state index contributed by atoms with van der Waals surface area (Å²) in [6.07, 6.45) is 1.59. The molecule has 0 radical (unpaired) electrons. The van der Waals surface area contributed by atoms with Crippen LogP contribution in [0.2, 0.25) is 0 Å².